The molecule has 2 N–H and O–H groups in total. The Bertz CT molecular complexity index is 382. The van der Waals surface area contributed by atoms with Crippen molar-refractivity contribution in [2.75, 3.05) is 27.2 Å². The van der Waals surface area contributed by atoms with Crippen LogP contribution in [0.25, 0.3) is 0 Å². The smallest absolute Gasteiger partial charge is 0.193 e. The van der Waals surface area contributed by atoms with Gasteiger partial charge in [-0.05, 0) is 18.4 Å². The number of rotatable bonds is 8. The SMILES string of the molecule is CN(C)C(=NCc1ccccc1)NCCCCCCO.I. The van der Waals surface area contributed by atoms with Crippen LogP contribution in [0.2, 0.25) is 0 Å². The largest absolute Gasteiger partial charge is 0.396 e. The summed E-state index contributed by atoms with van der Waals surface area (Å²) in [5.74, 6) is 0.927. The minimum Gasteiger partial charge on any atom is -0.396 e. The second kappa shape index (κ2) is 12.9. The first kappa shape index (κ1) is 20.2. The molecule has 0 aliphatic heterocycles. The molecule has 0 atom stereocenters. The van der Waals surface area contributed by atoms with Gasteiger partial charge in [0.1, 0.15) is 0 Å². The maximum absolute atomic E-state index is 8.72. The zero-order valence-electron chi connectivity index (χ0n) is 13.1. The van der Waals surface area contributed by atoms with Gasteiger partial charge >= 0.3 is 0 Å². The van der Waals surface area contributed by atoms with E-state index in [1.54, 1.807) is 0 Å². The molecule has 0 aliphatic carbocycles. The molecule has 1 rings (SSSR count). The number of halogens is 1. The average molecular weight is 405 g/mol. The van der Waals surface area contributed by atoms with E-state index in [0.29, 0.717) is 13.2 Å². The molecule has 1 aromatic carbocycles. The van der Waals surface area contributed by atoms with E-state index in [4.69, 9.17) is 5.11 Å². The van der Waals surface area contributed by atoms with Gasteiger partial charge in [0.2, 0.25) is 0 Å². The van der Waals surface area contributed by atoms with Gasteiger partial charge in [-0.3, -0.25) is 0 Å². The first-order chi connectivity index (χ1) is 9.74. The fourth-order valence-corrected chi connectivity index (χ4v) is 1.90. The summed E-state index contributed by atoms with van der Waals surface area (Å²) in [5.41, 5.74) is 1.22. The number of benzene rings is 1. The summed E-state index contributed by atoms with van der Waals surface area (Å²) in [4.78, 5) is 6.63. The predicted octanol–water partition coefficient (Wildman–Crippen LogP) is 2.86. The number of unbranched alkanes of at least 4 members (excludes halogenated alkanes) is 3. The number of aliphatic hydroxyl groups is 1. The molecule has 0 aromatic heterocycles. The number of aliphatic hydroxyl groups excluding tert-OH is 1. The van der Waals surface area contributed by atoms with Crippen LogP contribution in [0.1, 0.15) is 31.2 Å². The van der Waals surface area contributed by atoms with Gasteiger partial charge in [0.25, 0.3) is 0 Å². The number of aliphatic imine (C=N–C) groups is 1. The van der Waals surface area contributed by atoms with Crippen LogP contribution in [-0.4, -0.2) is 43.2 Å². The maximum atomic E-state index is 8.72. The third kappa shape index (κ3) is 9.68. The van der Waals surface area contributed by atoms with Crippen LogP contribution in [-0.2, 0) is 6.54 Å². The van der Waals surface area contributed by atoms with Crippen LogP contribution in [0.15, 0.2) is 35.3 Å². The normalized spacial score (nSPS) is 10.9. The van der Waals surface area contributed by atoms with Crippen molar-refractivity contribution in [3.8, 4) is 0 Å². The summed E-state index contributed by atoms with van der Waals surface area (Å²) in [7, 11) is 4.01. The lowest BCUT2D eigenvalue weighted by Gasteiger charge is -2.17. The molecule has 1 aromatic rings. The van der Waals surface area contributed by atoms with Crippen LogP contribution in [0.3, 0.4) is 0 Å². The second-order valence-corrected chi connectivity index (χ2v) is 5.08. The van der Waals surface area contributed by atoms with E-state index in [0.717, 1.165) is 38.2 Å². The Labute approximate surface area is 145 Å². The van der Waals surface area contributed by atoms with Gasteiger partial charge in [-0.25, -0.2) is 4.99 Å². The lowest BCUT2D eigenvalue weighted by atomic mass is 10.2. The van der Waals surface area contributed by atoms with Crippen molar-refractivity contribution in [1.82, 2.24) is 10.2 Å². The molecule has 0 saturated carbocycles. The maximum Gasteiger partial charge on any atom is 0.193 e. The minimum absolute atomic E-state index is 0. The van der Waals surface area contributed by atoms with E-state index >= 15 is 0 Å². The van der Waals surface area contributed by atoms with E-state index in [2.05, 4.69) is 22.4 Å². The first-order valence-electron chi connectivity index (χ1n) is 7.34. The third-order valence-corrected chi connectivity index (χ3v) is 3.05. The van der Waals surface area contributed by atoms with Gasteiger partial charge in [0, 0.05) is 27.2 Å². The summed E-state index contributed by atoms with van der Waals surface area (Å²) < 4.78 is 0. The van der Waals surface area contributed by atoms with Gasteiger partial charge in [-0.1, -0.05) is 43.2 Å². The van der Waals surface area contributed by atoms with Crippen molar-refractivity contribution in [1.29, 1.82) is 0 Å². The summed E-state index contributed by atoms with van der Waals surface area (Å²) in [6.45, 7) is 1.93. The van der Waals surface area contributed by atoms with Crippen LogP contribution < -0.4 is 5.32 Å². The second-order valence-electron chi connectivity index (χ2n) is 5.08. The molecular formula is C16H28IN3O. The molecule has 120 valence electrons. The Balaban J connectivity index is 0.00000400. The fraction of sp³-hybridized carbons (Fsp3) is 0.562. The molecule has 0 unspecified atom stereocenters. The van der Waals surface area contributed by atoms with Gasteiger partial charge in [-0.2, -0.15) is 0 Å². The number of hydrogen-bond acceptors (Lipinski definition) is 2. The van der Waals surface area contributed by atoms with Crippen molar-refractivity contribution in [2.45, 2.75) is 32.2 Å². The van der Waals surface area contributed by atoms with Crippen LogP contribution in [0, 0.1) is 0 Å². The van der Waals surface area contributed by atoms with E-state index in [-0.39, 0.29) is 24.0 Å². The molecule has 0 spiro atoms. The third-order valence-electron chi connectivity index (χ3n) is 3.05. The first-order valence-corrected chi connectivity index (χ1v) is 7.34. The van der Waals surface area contributed by atoms with E-state index in [1.165, 1.54) is 5.56 Å². The monoisotopic (exact) mass is 405 g/mol. The molecule has 0 bridgehead atoms. The van der Waals surface area contributed by atoms with Crippen molar-refractivity contribution < 1.29 is 5.11 Å². The molecule has 5 heteroatoms. The standard InChI is InChI=1S/C16H27N3O.HI/c1-19(2)16(17-12-8-3-4-9-13-20)18-14-15-10-6-5-7-11-15;/h5-7,10-11,20H,3-4,8-9,12-14H2,1-2H3,(H,17,18);1H. The minimum atomic E-state index is 0. The van der Waals surface area contributed by atoms with E-state index in [9.17, 15) is 0 Å². The van der Waals surface area contributed by atoms with Gasteiger partial charge in [0.15, 0.2) is 5.96 Å². The lowest BCUT2D eigenvalue weighted by Crippen LogP contribution is -2.37. The number of hydrogen-bond donors (Lipinski definition) is 2. The fourth-order valence-electron chi connectivity index (χ4n) is 1.90. The van der Waals surface area contributed by atoms with Gasteiger partial charge in [0.05, 0.1) is 6.54 Å². The number of nitrogens with zero attached hydrogens (tertiary/aromatic N) is 2. The number of nitrogens with one attached hydrogen (secondary N) is 1. The average Bonchev–Trinajstić information content (AvgIpc) is 2.46. The summed E-state index contributed by atoms with van der Waals surface area (Å²) >= 11 is 0. The quantitative estimate of drug-likeness (QED) is 0.303. The van der Waals surface area contributed by atoms with Crippen molar-refractivity contribution in [3.63, 3.8) is 0 Å². The van der Waals surface area contributed by atoms with Crippen molar-refractivity contribution >= 4 is 29.9 Å². The highest BCUT2D eigenvalue weighted by atomic mass is 127. The van der Waals surface area contributed by atoms with Gasteiger partial charge in [-0.15, -0.1) is 24.0 Å². The van der Waals surface area contributed by atoms with Crippen molar-refractivity contribution in [2.24, 2.45) is 4.99 Å². The molecule has 0 fully saturated rings. The zero-order valence-corrected chi connectivity index (χ0v) is 15.4. The van der Waals surface area contributed by atoms with Crippen LogP contribution in [0.5, 0.6) is 0 Å². The molecular weight excluding hydrogens is 377 g/mol. The van der Waals surface area contributed by atoms with E-state index < -0.39 is 0 Å². The highest BCUT2D eigenvalue weighted by Crippen LogP contribution is 2.01. The molecule has 0 radical (unpaired) electrons. The van der Waals surface area contributed by atoms with Crippen molar-refractivity contribution in [3.05, 3.63) is 35.9 Å². The molecule has 0 aliphatic rings. The highest BCUT2D eigenvalue weighted by molar-refractivity contribution is 14.0. The Morgan fingerprint density at radius 1 is 1.10 bits per heavy atom. The Morgan fingerprint density at radius 3 is 2.38 bits per heavy atom. The van der Waals surface area contributed by atoms with E-state index in [1.807, 2.05) is 37.2 Å². The summed E-state index contributed by atoms with van der Waals surface area (Å²) in [5, 5.41) is 12.1. The lowest BCUT2D eigenvalue weighted by molar-refractivity contribution is 0.282. The molecule has 21 heavy (non-hydrogen) atoms. The topological polar surface area (TPSA) is 47.9 Å². The predicted molar refractivity (Wildman–Crippen MR) is 100 cm³/mol. The Morgan fingerprint density at radius 2 is 1.76 bits per heavy atom. The zero-order chi connectivity index (χ0) is 14.6. The summed E-state index contributed by atoms with van der Waals surface area (Å²) in [6, 6.07) is 10.3. The van der Waals surface area contributed by atoms with Gasteiger partial charge < -0.3 is 15.3 Å². The highest BCUT2D eigenvalue weighted by Gasteiger charge is 2.00. The summed E-state index contributed by atoms with van der Waals surface area (Å²) in [6.07, 6.45) is 4.25. The number of guanidine groups is 1. The molecule has 0 amide bonds. The molecule has 0 heterocycles. The molecule has 0 saturated heterocycles. The Kier molecular flexibility index (Phi) is 12.4. The molecule has 4 nitrogen and oxygen atoms in total. The Hall–Kier alpha value is -0.820. The van der Waals surface area contributed by atoms with Crippen LogP contribution in [0.4, 0.5) is 0 Å². The van der Waals surface area contributed by atoms with Crippen LogP contribution >= 0.6 is 24.0 Å².